The molecule has 0 aliphatic heterocycles. The van der Waals surface area contributed by atoms with Crippen LogP contribution in [0.5, 0.6) is 0 Å². The number of halogens is 1. The van der Waals surface area contributed by atoms with Crippen molar-refractivity contribution < 1.29 is 12.8 Å². The number of hydrogen-bond donors (Lipinski definition) is 1. The van der Waals surface area contributed by atoms with Crippen molar-refractivity contribution in [2.45, 2.75) is 37.1 Å². The molecule has 1 aromatic carbocycles. The van der Waals surface area contributed by atoms with Crippen LogP contribution in [0.3, 0.4) is 0 Å². The highest BCUT2D eigenvalue weighted by atomic mass is 32.2. The molecule has 3 nitrogen and oxygen atoms in total. The largest absolute Gasteiger partial charge is 0.328 e. The van der Waals surface area contributed by atoms with Crippen LogP contribution in [0.25, 0.3) is 0 Å². The molecule has 0 aliphatic carbocycles. The van der Waals surface area contributed by atoms with Crippen LogP contribution >= 0.6 is 0 Å². The molecule has 2 N–H and O–H groups in total. The van der Waals surface area contributed by atoms with E-state index in [1.54, 1.807) is 0 Å². The number of rotatable bonds is 6. The van der Waals surface area contributed by atoms with Gasteiger partial charge in [-0.1, -0.05) is 19.1 Å². The highest BCUT2D eigenvalue weighted by Gasteiger charge is 2.18. The van der Waals surface area contributed by atoms with E-state index in [4.69, 9.17) is 5.73 Å². The summed E-state index contributed by atoms with van der Waals surface area (Å²) in [6.07, 6.45) is 1.93. The Bertz CT molecular complexity index is 459. The normalized spacial score (nSPS) is 13.6. The first-order chi connectivity index (χ1) is 7.97. The van der Waals surface area contributed by atoms with Gasteiger partial charge in [0.1, 0.15) is 10.7 Å². The molecule has 0 aromatic heterocycles. The van der Waals surface area contributed by atoms with Crippen molar-refractivity contribution >= 4 is 9.84 Å². The maximum Gasteiger partial charge on any atom is 0.181 e. The molecule has 1 rings (SSSR count). The van der Waals surface area contributed by atoms with Crippen LogP contribution in [0.1, 0.15) is 26.2 Å². The Kier molecular flexibility index (Phi) is 5.08. The molecule has 0 fully saturated rings. The van der Waals surface area contributed by atoms with Crippen molar-refractivity contribution in [2.75, 3.05) is 5.75 Å². The summed E-state index contributed by atoms with van der Waals surface area (Å²) >= 11 is 0. The number of sulfone groups is 1. The van der Waals surface area contributed by atoms with Crippen LogP contribution in [0.2, 0.25) is 0 Å². The van der Waals surface area contributed by atoms with Gasteiger partial charge in [0.15, 0.2) is 9.84 Å². The Morgan fingerprint density at radius 2 is 2.00 bits per heavy atom. The summed E-state index contributed by atoms with van der Waals surface area (Å²) in [5, 5.41) is 0. The Balaban J connectivity index is 2.67. The third-order valence-electron chi connectivity index (χ3n) is 2.68. The van der Waals surface area contributed by atoms with Crippen molar-refractivity contribution in [3.05, 3.63) is 30.1 Å². The van der Waals surface area contributed by atoms with Crippen molar-refractivity contribution in [3.63, 3.8) is 0 Å². The predicted octanol–water partition coefficient (Wildman–Crippen LogP) is 2.12. The Morgan fingerprint density at radius 1 is 1.35 bits per heavy atom. The van der Waals surface area contributed by atoms with Crippen molar-refractivity contribution in [1.82, 2.24) is 0 Å². The molecule has 1 aromatic rings. The van der Waals surface area contributed by atoms with E-state index in [1.165, 1.54) is 18.2 Å². The highest BCUT2D eigenvalue weighted by Crippen LogP contribution is 2.16. The zero-order valence-electron chi connectivity index (χ0n) is 9.90. The second-order valence-electron chi connectivity index (χ2n) is 4.06. The smallest absolute Gasteiger partial charge is 0.181 e. The minimum Gasteiger partial charge on any atom is -0.328 e. The summed E-state index contributed by atoms with van der Waals surface area (Å²) in [6.45, 7) is 1.95. The molecule has 0 heterocycles. The van der Waals surface area contributed by atoms with Crippen LogP contribution in [0, 0.1) is 5.82 Å². The highest BCUT2D eigenvalue weighted by molar-refractivity contribution is 7.91. The van der Waals surface area contributed by atoms with Gasteiger partial charge in [-0.3, -0.25) is 0 Å². The van der Waals surface area contributed by atoms with Gasteiger partial charge in [0.2, 0.25) is 0 Å². The van der Waals surface area contributed by atoms with Gasteiger partial charge >= 0.3 is 0 Å². The van der Waals surface area contributed by atoms with Gasteiger partial charge in [-0.25, -0.2) is 12.8 Å². The van der Waals surface area contributed by atoms with Gasteiger partial charge in [-0.05, 0) is 31.4 Å². The summed E-state index contributed by atoms with van der Waals surface area (Å²) in [4.78, 5) is -0.218. The molecule has 5 heteroatoms. The molecular weight excluding hydrogens is 241 g/mol. The van der Waals surface area contributed by atoms with Gasteiger partial charge in [0.25, 0.3) is 0 Å². The van der Waals surface area contributed by atoms with Crippen LogP contribution in [0.15, 0.2) is 29.2 Å². The van der Waals surface area contributed by atoms with Gasteiger partial charge in [0.05, 0.1) is 5.75 Å². The van der Waals surface area contributed by atoms with E-state index in [1.807, 2.05) is 6.92 Å². The SMILES string of the molecule is CCC(N)CCCS(=O)(=O)c1ccccc1F. The first-order valence-electron chi connectivity index (χ1n) is 5.70. The molecule has 0 bridgehead atoms. The monoisotopic (exact) mass is 259 g/mol. The van der Waals surface area contributed by atoms with E-state index in [-0.39, 0.29) is 16.7 Å². The Morgan fingerprint density at radius 3 is 2.59 bits per heavy atom. The fraction of sp³-hybridized carbons (Fsp3) is 0.500. The lowest BCUT2D eigenvalue weighted by Gasteiger charge is -2.09. The predicted molar refractivity (Wildman–Crippen MR) is 66.0 cm³/mol. The third kappa shape index (κ3) is 4.09. The second kappa shape index (κ2) is 6.12. The molecule has 96 valence electrons. The van der Waals surface area contributed by atoms with Crippen LogP contribution in [-0.2, 0) is 9.84 Å². The fourth-order valence-corrected chi connectivity index (χ4v) is 2.96. The molecule has 0 spiro atoms. The maximum atomic E-state index is 13.3. The average molecular weight is 259 g/mol. The summed E-state index contributed by atoms with van der Waals surface area (Å²) in [6, 6.07) is 5.47. The van der Waals surface area contributed by atoms with E-state index >= 15 is 0 Å². The Hall–Kier alpha value is -0.940. The molecule has 17 heavy (non-hydrogen) atoms. The lowest BCUT2D eigenvalue weighted by Crippen LogP contribution is -2.20. The summed E-state index contributed by atoms with van der Waals surface area (Å²) < 4.78 is 37.0. The molecule has 0 radical (unpaired) electrons. The zero-order valence-corrected chi connectivity index (χ0v) is 10.7. The van der Waals surface area contributed by atoms with Crippen molar-refractivity contribution in [2.24, 2.45) is 5.73 Å². The second-order valence-corrected chi connectivity index (χ2v) is 6.14. The maximum absolute atomic E-state index is 13.3. The van der Waals surface area contributed by atoms with E-state index in [2.05, 4.69) is 0 Å². The molecule has 1 unspecified atom stereocenters. The quantitative estimate of drug-likeness (QED) is 0.851. The summed E-state index contributed by atoms with van der Waals surface area (Å²) in [5.41, 5.74) is 5.70. The van der Waals surface area contributed by atoms with Gasteiger partial charge in [0, 0.05) is 6.04 Å². The van der Waals surface area contributed by atoms with Crippen LogP contribution in [-0.4, -0.2) is 20.2 Å². The van der Waals surface area contributed by atoms with Crippen molar-refractivity contribution in [3.8, 4) is 0 Å². The standard InChI is InChI=1S/C12H18FNO2S/c1-2-10(14)6-5-9-17(15,16)12-8-4-3-7-11(12)13/h3-4,7-8,10H,2,5-6,9,14H2,1H3. The number of nitrogens with two attached hydrogens (primary N) is 1. The minimum absolute atomic E-state index is 0.0193. The molecule has 0 amide bonds. The molecular formula is C12H18FNO2S. The summed E-state index contributed by atoms with van der Waals surface area (Å²) in [5.74, 6) is -0.742. The molecule has 0 aliphatic rings. The van der Waals surface area contributed by atoms with E-state index in [0.29, 0.717) is 12.8 Å². The number of benzene rings is 1. The van der Waals surface area contributed by atoms with Gasteiger partial charge < -0.3 is 5.73 Å². The Labute approximate surface area is 102 Å². The molecule has 0 saturated heterocycles. The first kappa shape index (κ1) is 14.1. The van der Waals surface area contributed by atoms with E-state index in [0.717, 1.165) is 12.5 Å². The minimum atomic E-state index is -3.53. The van der Waals surface area contributed by atoms with Crippen LogP contribution < -0.4 is 5.73 Å². The van der Waals surface area contributed by atoms with Gasteiger partial charge in [-0.2, -0.15) is 0 Å². The average Bonchev–Trinajstić information content (AvgIpc) is 2.28. The van der Waals surface area contributed by atoms with E-state index in [9.17, 15) is 12.8 Å². The zero-order chi connectivity index (χ0) is 12.9. The fourth-order valence-electron chi connectivity index (χ4n) is 1.55. The van der Waals surface area contributed by atoms with Crippen molar-refractivity contribution in [1.29, 1.82) is 0 Å². The topological polar surface area (TPSA) is 60.2 Å². The first-order valence-corrected chi connectivity index (χ1v) is 7.35. The van der Waals surface area contributed by atoms with Gasteiger partial charge in [-0.15, -0.1) is 0 Å². The summed E-state index contributed by atoms with van der Waals surface area (Å²) in [7, 11) is -3.53. The molecule has 0 saturated carbocycles. The van der Waals surface area contributed by atoms with E-state index < -0.39 is 15.7 Å². The lowest BCUT2D eigenvalue weighted by atomic mass is 10.1. The molecule has 1 atom stereocenters. The van der Waals surface area contributed by atoms with Crippen LogP contribution in [0.4, 0.5) is 4.39 Å². The number of hydrogen-bond acceptors (Lipinski definition) is 3. The third-order valence-corrected chi connectivity index (χ3v) is 4.51. The lowest BCUT2D eigenvalue weighted by molar-refractivity contribution is 0.554.